The van der Waals surface area contributed by atoms with E-state index in [9.17, 15) is 0 Å². The average molecular weight is 308 g/mol. The highest BCUT2D eigenvalue weighted by atomic mass is 15.3. The molecule has 0 spiro atoms. The number of anilines is 1. The Balaban J connectivity index is 1.42. The molecule has 1 saturated heterocycles. The van der Waals surface area contributed by atoms with Gasteiger partial charge in [0.25, 0.3) is 0 Å². The lowest BCUT2D eigenvalue weighted by Crippen LogP contribution is -2.31. The Morgan fingerprint density at radius 1 is 0.957 bits per heavy atom. The second-order valence-corrected chi connectivity index (χ2v) is 5.86. The summed E-state index contributed by atoms with van der Waals surface area (Å²) >= 11 is 0. The fourth-order valence-electron chi connectivity index (χ4n) is 3.08. The largest absolute Gasteiger partial charge is 0.339 e. The van der Waals surface area contributed by atoms with Crippen molar-refractivity contribution in [3.63, 3.8) is 0 Å². The highest BCUT2D eigenvalue weighted by Gasteiger charge is 2.17. The van der Waals surface area contributed by atoms with E-state index in [4.69, 9.17) is 4.98 Å². The molecule has 118 valence electrons. The molecular weight excluding hydrogens is 288 g/mol. The van der Waals surface area contributed by atoms with Gasteiger partial charge >= 0.3 is 0 Å². The van der Waals surface area contributed by atoms with E-state index in [0.29, 0.717) is 0 Å². The van der Waals surface area contributed by atoms with Crippen LogP contribution in [0.3, 0.4) is 0 Å². The minimum atomic E-state index is 0.835. The predicted octanol–water partition coefficient (Wildman–Crippen LogP) is 1.84. The number of fused-ring (bicyclic) bond motifs is 1. The van der Waals surface area contributed by atoms with Gasteiger partial charge in [0.1, 0.15) is 5.65 Å². The number of rotatable bonds is 3. The Morgan fingerprint density at radius 3 is 2.74 bits per heavy atom. The standard InChI is InChI=1S/C17H20N6/c1-2-9-23-14-15(20-16(23)5-1)13-21-8-4-10-22(12-11-21)17-18-6-3-7-19-17/h1-3,5-7,9,14H,4,8,10-13H2. The van der Waals surface area contributed by atoms with E-state index < -0.39 is 0 Å². The molecule has 3 aromatic heterocycles. The first-order valence-corrected chi connectivity index (χ1v) is 8.05. The van der Waals surface area contributed by atoms with Crippen LogP contribution < -0.4 is 4.90 Å². The number of nitrogens with zero attached hydrogens (tertiary/aromatic N) is 6. The van der Waals surface area contributed by atoms with Crippen LogP contribution in [0, 0.1) is 0 Å². The molecule has 4 heterocycles. The summed E-state index contributed by atoms with van der Waals surface area (Å²) in [5.74, 6) is 0.835. The van der Waals surface area contributed by atoms with Crippen molar-refractivity contribution in [2.24, 2.45) is 0 Å². The summed E-state index contributed by atoms with van der Waals surface area (Å²) in [5, 5.41) is 0. The molecule has 0 unspecified atom stereocenters. The van der Waals surface area contributed by atoms with E-state index in [2.05, 4.69) is 30.4 Å². The van der Waals surface area contributed by atoms with Crippen molar-refractivity contribution in [1.29, 1.82) is 0 Å². The smallest absolute Gasteiger partial charge is 0.225 e. The Morgan fingerprint density at radius 2 is 1.87 bits per heavy atom. The lowest BCUT2D eigenvalue weighted by atomic mass is 10.3. The summed E-state index contributed by atoms with van der Waals surface area (Å²) in [5.41, 5.74) is 2.14. The maximum absolute atomic E-state index is 4.70. The quantitative estimate of drug-likeness (QED) is 0.739. The van der Waals surface area contributed by atoms with Gasteiger partial charge in [0.2, 0.25) is 5.95 Å². The van der Waals surface area contributed by atoms with E-state index in [0.717, 1.165) is 56.4 Å². The lowest BCUT2D eigenvalue weighted by molar-refractivity contribution is 0.282. The number of imidazole rings is 1. The Hall–Kier alpha value is -2.47. The van der Waals surface area contributed by atoms with Gasteiger partial charge in [-0.15, -0.1) is 0 Å². The Bertz CT molecular complexity index is 736. The fraction of sp³-hybridized carbons (Fsp3) is 0.353. The number of hydrogen-bond donors (Lipinski definition) is 0. The van der Waals surface area contributed by atoms with Gasteiger partial charge in [-0.05, 0) is 24.6 Å². The summed E-state index contributed by atoms with van der Waals surface area (Å²) in [4.78, 5) is 18.2. The molecule has 0 radical (unpaired) electrons. The minimum Gasteiger partial charge on any atom is -0.339 e. The lowest BCUT2D eigenvalue weighted by Gasteiger charge is -2.21. The molecule has 1 fully saturated rings. The van der Waals surface area contributed by atoms with E-state index in [1.165, 1.54) is 0 Å². The monoisotopic (exact) mass is 308 g/mol. The van der Waals surface area contributed by atoms with Crippen molar-refractivity contribution in [2.45, 2.75) is 13.0 Å². The maximum atomic E-state index is 4.70. The molecule has 0 amide bonds. The normalized spacial score (nSPS) is 16.6. The van der Waals surface area contributed by atoms with Crippen molar-refractivity contribution in [2.75, 3.05) is 31.1 Å². The number of pyridine rings is 1. The molecule has 3 aromatic rings. The summed E-state index contributed by atoms with van der Waals surface area (Å²) in [6, 6.07) is 7.95. The van der Waals surface area contributed by atoms with Crippen molar-refractivity contribution in [3.05, 3.63) is 54.7 Å². The van der Waals surface area contributed by atoms with Crippen LogP contribution in [0.2, 0.25) is 0 Å². The van der Waals surface area contributed by atoms with Crippen molar-refractivity contribution in [1.82, 2.24) is 24.3 Å². The molecule has 0 bridgehead atoms. The van der Waals surface area contributed by atoms with Crippen molar-refractivity contribution in [3.8, 4) is 0 Å². The van der Waals surface area contributed by atoms with Gasteiger partial charge in [0.15, 0.2) is 0 Å². The van der Waals surface area contributed by atoms with E-state index in [1.54, 1.807) is 0 Å². The van der Waals surface area contributed by atoms with Gasteiger partial charge in [-0.2, -0.15) is 0 Å². The van der Waals surface area contributed by atoms with Crippen LogP contribution in [0.4, 0.5) is 5.95 Å². The molecule has 0 atom stereocenters. The zero-order chi connectivity index (χ0) is 15.5. The van der Waals surface area contributed by atoms with E-state index in [-0.39, 0.29) is 0 Å². The topological polar surface area (TPSA) is 49.6 Å². The fourth-order valence-corrected chi connectivity index (χ4v) is 3.08. The predicted molar refractivity (Wildman–Crippen MR) is 89.3 cm³/mol. The van der Waals surface area contributed by atoms with Crippen LogP contribution in [0.15, 0.2) is 49.1 Å². The van der Waals surface area contributed by atoms with Crippen LogP contribution in [-0.4, -0.2) is 50.4 Å². The zero-order valence-electron chi connectivity index (χ0n) is 13.0. The highest BCUT2D eigenvalue weighted by molar-refractivity contribution is 5.39. The third kappa shape index (κ3) is 3.17. The van der Waals surface area contributed by atoms with Gasteiger partial charge in [-0.25, -0.2) is 15.0 Å². The van der Waals surface area contributed by atoms with Gasteiger partial charge in [0, 0.05) is 57.5 Å². The molecule has 6 nitrogen and oxygen atoms in total. The summed E-state index contributed by atoms with van der Waals surface area (Å²) in [7, 11) is 0. The highest BCUT2D eigenvalue weighted by Crippen LogP contribution is 2.13. The SMILES string of the molecule is c1cnc(N2CCCN(Cc3cn4ccccc4n3)CC2)nc1. The van der Waals surface area contributed by atoms with Crippen LogP contribution >= 0.6 is 0 Å². The van der Waals surface area contributed by atoms with Crippen molar-refractivity contribution >= 4 is 11.6 Å². The zero-order valence-corrected chi connectivity index (χ0v) is 13.0. The molecule has 0 saturated carbocycles. The molecular formula is C17H20N6. The first-order valence-electron chi connectivity index (χ1n) is 8.05. The average Bonchev–Trinajstić information content (AvgIpc) is 2.86. The molecule has 1 aliphatic rings. The van der Waals surface area contributed by atoms with Crippen molar-refractivity contribution < 1.29 is 0 Å². The number of aromatic nitrogens is 4. The van der Waals surface area contributed by atoms with Crippen LogP contribution in [-0.2, 0) is 6.54 Å². The second-order valence-electron chi connectivity index (χ2n) is 5.86. The minimum absolute atomic E-state index is 0.835. The summed E-state index contributed by atoms with van der Waals surface area (Å²) < 4.78 is 2.08. The summed E-state index contributed by atoms with van der Waals surface area (Å²) in [6.07, 6.45) is 8.90. The van der Waals surface area contributed by atoms with Gasteiger partial charge in [0.05, 0.1) is 5.69 Å². The molecule has 23 heavy (non-hydrogen) atoms. The molecule has 0 aromatic carbocycles. The van der Waals surface area contributed by atoms with Gasteiger partial charge < -0.3 is 9.30 Å². The van der Waals surface area contributed by atoms with Crippen LogP contribution in [0.25, 0.3) is 5.65 Å². The Labute approximate surface area is 135 Å². The van der Waals surface area contributed by atoms with Gasteiger partial charge in [-0.3, -0.25) is 4.90 Å². The van der Waals surface area contributed by atoms with Crippen LogP contribution in [0.1, 0.15) is 12.1 Å². The number of hydrogen-bond acceptors (Lipinski definition) is 5. The third-order valence-corrected chi connectivity index (χ3v) is 4.22. The molecule has 1 aliphatic heterocycles. The van der Waals surface area contributed by atoms with E-state index >= 15 is 0 Å². The molecule has 4 rings (SSSR count). The molecule has 0 aliphatic carbocycles. The first-order chi connectivity index (χ1) is 11.4. The Kier molecular flexibility index (Phi) is 3.90. The third-order valence-electron chi connectivity index (χ3n) is 4.22. The summed E-state index contributed by atoms with van der Waals surface area (Å²) in [6.45, 7) is 4.94. The van der Waals surface area contributed by atoms with Gasteiger partial charge in [-0.1, -0.05) is 6.07 Å². The molecule has 6 heteroatoms. The maximum Gasteiger partial charge on any atom is 0.225 e. The second kappa shape index (κ2) is 6.34. The van der Waals surface area contributed by atoms with Crippen LogP contribution in [0.5, 0.6) is 0 Å². The molecule has 0 N–H and O–H groups in total. The first kappa shape index (κ1) is 14.1. The van der Waals surface area contributed by atoms with E-state index in [1.807, 2.05) is 42.9 Å².